The Labute approximate surface area is 138 Å². The molecule has 1 aromatic carbocycles. The summed E-state index contributed by atoms with van der Waals surface area (Å²) in [4.78, 5) is 29.4. The van der Waals surface area contributed by atoms with Crippen molar-refractivity contribution >= 4 is 45.8 Å². The zero-order chi connectivity index (χ0) is 16.1. The molecule has 0 radical (unpaired) electrons. The molecular formula is C16H15ClN2O2S. The number of halogens is 1. The Morgan fingerprint density at radius 3 is 2.82 bits per heavy atom. The van der Waals surface area contributed by atoms with Gasteiger partial charge in [0.2, 0.25) is 5.91 Å². The van der Waals surface area contributed by atoms with Crippen molar-refractivity contribution in [2.24, 2.45) is 0 Å². The monoisotopic (exact) mass is 334 g/mol. The predicted octanol–water partition coefficient (Wildman–Crippen LogP) is 4.07. The summed E-state index contributed by atoms with van der Waals surface area (Å²) in [6, 6.07) is 6.78. The van der Waals surface area contributed by atoms with Crippen molar-refractivity contribution in [3.8, 4) is 0 Å². The van der Waals surface area contributed by atoms with Crippen LogP contribution in [0.25, 0.3) is 6.08 Å². The molecule has 0 saturated carbocycles. The van der Waals surface area contributed by atoms with Crippen LogP contribution in [0, 0.1) is 0 Å². The summed E-state index contributed by atoms with van der Waals surface area (Å²) in [6.45, 7) is 3.96. The minimum atomic E-state index is -0.143. The normalized spacial score (nSPS) is 10.9. The van der Waals surface area contributed by atoms with Gasteiger partial charge in [0.1, 0.15) is 0 Å². The van der Waals surface area contributed by atoms with Gasteiger partial charge >= 0.3 is 0 Å². The number of carbonyl (C=O) groups excluding carboxylic acids is 2. The largest absolute Gasteiger partial charge is 0.289 e. The Hall–Kier alpha value is -1.98. The number of carbonyl (C=O) groups is 2. The fourth-order valence-corrected chi connectivity index (χ4v) is 2.96. The highest BCUT2D eigenvalue weighted by atomic mass is 35.5. The van der Waals surface area contributed by atoms with E-state index in [1.54, 1.807) is 35.2 Å². The molecule has 0 aliphatic rings. The summed E-state index contributed by atoms with van der Waals surface area (Å²) in [6.07, 6.45) is 3.09. The molecule has 0 bridgehead atoms. The van der Waals surface area contributed by atoms with Crippen LogP contribution >= 0.6 is 22.9 Å². The Balaban J connectivity index is 2.12. The summed E-state index contributed by atoms with van der Waals surface area (Å²) in [5.74, 6) is -0.196. The quantitative estimate of drug-likeness (QED) is 0.612. The van der Waals surface area contributed by atoms with Crippen molar-refractivity contribution < 1.29 is 9.59 Å². The number of thiazole rings is 1. The molecule has 0 saturated heterocycles. The summed E-state index contributed by atoms with van der Waals surface area (Å²) in [5, 5.41) is 2.96. The standard InChI is InChI=1S/C16H15ClN2O2S/c1-3-19(11(2)20)16-18-14(10-22-16)7-8-15(21)12-5-4-6-13(17)9-12/h4-10H,3H2,1-2H3/b8-7+. The molecule has 1 heterocycles. The number of amides is 1. The lowest BCUT2D eigenvalue weighted by molar-refractivity contribution is -0.116. The van der Waals surface area contributed by atoms with E-state index in [0.29, 0.717) is 28.0 Å². The number of allylic oxidation sites excluding steroid dienone is 1. The first kappa shape index (κ1) is 16.4. The van der Waals surface area contributed by atoms with Crippen molar-refractivity contribution in [1.82, 2.24) is 4.98 Å². The van der Waals surface area contributed by atoms with Crippen LogP contribution in [-0.2, 0) is 4.79 Å². The van der Waals surface area contributed by atoms with Gasteiger partial charge < -0.3 is 0 Å². The molecule has 2 rings (SSSR count). The molecule has 0 atom stereocenters. The van der Waals surface area contributed by atoms with E-state index in [-0.39, 0.29) is 11.7 Å². The smallest absolute Gasteiger partial charge is 0.225 e. The van der Waals surface area contributed by atoms with Crippen LogP contribution in [0.15, 0.2) is 35.7 Å². The molecular weight excluding hydrogens is 320 g/mol. The highest BCUT2D eigenvalue weighted by Crippen LogP contribution is 2.21. The number of nitrogens with zero attached hydrogens (tertiary/aromatic N) is 2. The lowest BCUT2D eigenvalue weighted by atomic mass is 10.1. The summed E-state index contributed by atoms with van der Waals surface area (Å²) < 4.78 is 0. The number of ketones is 1. The highest BCUT2D eigenvalue weighted by molar-refractivity contribution is 7.14. The first-order chi connectivity index (χ1) is 10.5. The molecule has 0 aliphatic carbocycles. The highest BCUT2D eigenvalue weighted by Gasteiger charge is 2.12. The maximum Gasteiger partial charge on any atom is 0.225 e. The van der Waals surface area contributed by atoms with E-state index in [2.05, 4.69) is 4.98 Å². The van der Waals surface area contributed by atoms with Crippen LogP contribution in [0.4, 0.5) is 5.13 Å². The second-order valence-electron chi connectivity index (χ2n) is 4.53. The molecule has 22 heavy (non-hydrogen) atoms. The lowest BCUT2D eigenvalue weighted by Gasteiger charge is -2.14. The molecule has 6 heteroatoms. The van der Waals surface area contributed by atoms with Crippen LogP contribution < -0.4 is 4.90 Å². The molecule has 1 aromatic heterocycles. The Morgan fingerprint density at radius 2 is 2.18 bits per heavy atom. The SMILES string of the molecule is CCN(C(C)=O)c1nc(/C=C/C(=O)c2cccc(Cl)c2)cs1. The Bertz CT molecular complexity index is 724. The van der Waals surface area contributed by atoms with Gasteiger partial charge in [0.25, 0.3) is 0 Å². The van der Waals surface area contributed by atoms with Crippen LogP contribution in [0.2, 0.25) is 5.02 Å². The van der Waals surface area contributed by atoms with Gasteiger partial charge in [-0.25, -0.2) is 4.98 Å². The number of rotatable bonds is 5. The molecule has 0 fully saturated rings. The zero-order valence-corrected chi connectivity index (χ0v) is 13.8. The minimum absolute atomic E-state index is 0.0533. The fraction of sp³-hybridized carbons (Fsp3) is 0.188. The second kappa shape index (κ2) is 7.33. The van der Waals surface area contributed by atoms with E-state index in [4.69, 9.17) is 11.6 Å². The first-order valence-electron chi connectivity index (χ1n) is 6.73. The molecule has 0 unspecified atom stereocenters. The van der Waals surface area contributed by atoms with Gasteiger partial charge in [-0.3, -0.25) is 14.5 Å². The average Bonchev–Trinajstić information content (AvgIpc) is 2.93. The van der Waals surface area contributed by atoms with E-state index in [0.717, 1.165) is 0 Å². The second-order valence-corrected chi connectivity index (χ2v) is 5.80. The lowest BCUT2D eigenvalue weighted by Crippen LogP contribution is -2.27. The maximum atomic E-state index is 12.0. The van der Waals surface area contributed by atoms with Crippen LogP contribution in [0.5, 0.6) is 0 Å². The molecule has 0 spiro atoms. The number of benzene rings is 1. The molecule has 0 N–H and O–H groups in total. The van der Waals surface area contributed by atoms with Crippen molar-refractivity contribution in [1.29, 1.82) is 0 Å². The van der Waals surface area contributed by atoms with Crippen molar-refractivity contribution in [3.63, 3.8) is 0 Å². The Kier molecular flexibility index (Phi) is 5.46. The van der Waals surface area contributed by atoms with Crippen molar-refractivity contribution in [2.45, 2.75) is 13.8 Å². The summed E-state index contributed by atoms with van der Waals surface area (Å²) in [7, 11) is 0. The third kappa shape index (κ3) is 4.02. The van der Waals surface area contributed by atoms with Crippen molar-refractivity contribution in [3.05, 3.63) is 52.0 Å². The number of anilines is 1. The third-order valence-corrected chi connectivity index (χ3v) is 4.07. The van der Waals surface area contributed by atoms with Crippen molar-refractivity contribution in [2.75, 3.05) is 11.4 Å². The van der Waals surface area contributed by atoms with Gasteiger partial charge in [-0.1, -0.05) is 23.7 Å². The van der Waals surface area contributed by atoms with E-state index in [1.807, 2.05) is 12.3 Å². The topological polar surface area (TPSA) is 50.3 Å². The van der Waals surface area contributed by atoms with Gasteiger partial charge in [0.05, 0.1) is 5.69 Å². The molecule has 4 nitrogen and oxygen atoms in total. The van der Waals surface area contributed by atoms with Gasteiger partial charge in [0.15, 0.2) is 10.9 Å². The van der Waals surface area contributed by atoms with Gasteiger partial charge in [-0.2, -0.15) is 0 Å². The molecule has 1 amide bonds. The van der Waals surface area contributed by atoms with E-state index < -0.39 is 0 Å². The Morgan fingerprint density at radius 1 is 1.41 bits per heavy atom. The molecule has 0 aliphatic heterocycles. The average molecular weight is 335 g/mol. The van der Waals surface area contributed by atoms with Crippen LogP contribution in [0.1, 0.15) is 29.9 Å². The predicted molar refractivity (Wildman–Crippen MR) is 90.6 cm³/mol. The van der Waals surface area contributed by atoms with E-state index in [9.17, 15) is 9.59 Å². The molecule has 114 valence electrons. The van der Waals surface area contributed by atoms with Crippen LogP contribution in [-0.4, -0.2) is 23.2 Å². The molecule has 2 aromatic rings. The van der Waals surface area contributed by atoms with E-state index >= 15 is 0 Å². The van der Waals surface area contributed by atoms with Gasteiger partial charge in [0, 0.05) is 29.4 Å². The maximum absolute atomic E-state index is 12.0. The summed E-state index contributed by atoms with van der Waals surface area (Å²) in [5.41, 5.74) is 1.17. The van der Waals surface area contributed by atoms with E-state index in [1.165, 1.54) is 24.3 Å². The van der Waals surface area contributed by atoms with Gasteiger partial charge in [-0.05, 0) is 31.2 Å². The summed E-state index contributed by atoms with van der Waals surface area (Å²) >= 11 is 7.24. The number of hydrogen-bond donors (Lipinski definition) is 0. The van der Waals surface area contributed by atoms with Crippen LogP contribution in [0.3, 0.4) is 0 Å². The van der Waals surface area contributed by atoms with Gasteiger partial charge in [-0.15, -0.1) is 11.3 Å². The first-order valence-corrected chi connectivity index (χ1v) is 7.98. The number of hydrogen-bond acceptors (Lipinski definition) is 4. The third-order valence-electron chi connectivity index (χ3n) is 2.95. The fourth-order valence-electron chi connectivity index (χ4n) is 1.87. The number of aromatic nitrogens is 1. The minimum Gasteiger partial charge on any atom is -0.289 e. The zero-order valence-electron chi connectivity index (χ0n) is 12.2.